The van der Waals surface area contributed by atoms with Crippen molar-refractivity contribution in [2.45, 2.75) is 23.1 Å². The SMILES string of the molecule is CC#Cc1cccc(-c2ccc(CC(N)(c3cccc(NCC(=O)O)n3)S(=O)(=O)c3cccc(F)c3)cc2)c1. The third-order valence-corrected chi connectivity index (χ3v) is 8.26. The molecule has 4 rings (SSSR count). The first-order valence-corrected chi connectivity index (χ1v) is 13.4. The number of nitrogens with two attached hydrogens (primary N) is 1. The Morgan fingerprint density at radius 3 is 2.41 bits per heavy atom. The summed E-state index contributed by atoms with van der Waals surface area (Å²) >= 11 is 0. The van der Waals surface area contributed by atoms with E-state index in [0.717, 1.165) is 28.8 Å². The fourth-order valence-electron chi connectivity index (χ4n) is 4.14. The Morgan fingerprint density at radius 1 is 1.00 bits per heavy atom. The van der Waals surface area contributed by atoms with Crippen LogP contribution in [0.15, 0.2) is 95.9 Å². The van der Waals surface area contributed by atoms with Crippen LogP contribution in [0, 0.1) is 17.7 Å². The normalized spacial score (nSPS) is 12.6. The van der Waals surface area contributed by atoms with E-state index in [9.17, 15) is 17.6 Å². The second-order valence-electron chi connectivity index (χ2n) is 8.84. The van der Waals surface area contributed by atoms with Gasteiger partial charge in [-0.05, 0) is 66.1 Å². The zero-order valence-electron chi connectivity index (χ0n) is 21.1. The fraction of sp³-hybridized carbons (Fsp3) is 0.133. The van der Waals surface area contributed by atoms with E-state index in [2.05, 4.69) is 22.1 Å². The molecule has 0 fully saturated rings. The average molecular weight is 544 g/mol. The monoisotopic (exact) mass is 543 g/mol. The standard InChI is InChI=1S/C30H26FN3O4S/c1-2-6-21-7-3-8-24(17-21)23-15-13-22(14-16-23)19-30(32,39(37,38)26-10-4-9-25(31)18-26)27-11-5-12-28(34-27)33-20-29(35)36/h3-5,7-18H,19-20,32H2,1H3,(H,33,34)(H,35,36). The van der Waals surface area contributed by atoms with Crippen LogP contribution in [0.4, 0.5) is 10.2 Å². The molecule has 0 spiro atoms. The van der Waals surface area contributed by atoms with Gasteiger partial charge >= 0.3 is 5.97 Å². The summed E-state index contributed by atoms with van der Waals surface area (Å²) in [6, 6.07) is 24.2. The molecule has 4 N–H and O–H groups in total. The predicted octanol–water partition coefficient (Wildman–Crippen LogP) is 4.58. The maximum Gasteiger partial charge on any atom is 0.322 e. The summed E-state index contributed by atoms with van der Waals surface area (Å²) in [5.41, 5.74) is 10.0. The molecule has 0 aliphatic rings. The average Bonchev–Trinajstić information content (AvgIpc) is 2.93. The summed E-state index contributed by atoms with van der Waals surface area (Å²) in [7, 11) is -4.38. The van der Waals surface area contributed by atoms with Gasteiger partial charge < -0.3 is 16.2 Å². The number of pyridine rings is 1. The van der Waals surface area contributed by atoms with Crippen molar-refractivity contribution in [1.82, 2.24) is 4.98 Å². The van der Waals surface area contributed by atoms with Crippen molar-refractivity contribution in [2.24, 2.45) is 5.73 Å². The molecule has 198 valence electrons. The van der Waals surface area contributed by atoms with E-state index in [0.29, 0.717) is 5.56 Å². The molecule has 39 heavy (non-hydrogen) atoms. The summed E-state index contributed by atoms with van der Waals surface area (Å²) < 4.78 is 41.9. The van der Waals surface area contributed by atoms with E-state index in [-0.39, 0.29) is 22.8 Å². The molecule has 0 bridgehead atoms. The van der Waals surface area contributed by atoms with E-state index in [1.165, 1.54) is 30.3 Å². The molecule has 0 aliphatic heterocycles. The lowest BCUT2D eigenvalue weighted by Gasteiger charge is -2.29. The van der Waals surface area contributed by atoms with Crippen molar-refractivity contribution in [3.05, 3.63) is 114 Å². The molecule has 0 saturated heterocycles. The number of anilines is 1. The van der Waals surface area contributed by atoms with Crippen LogP contribution in [0.2, 0.25) is 0 Å². The third kappa shape index (κ3) is 6.14. The van der Waals surface area contributed by atoms with Crippen LogP contribution in [0.5, 0.6) is 0 Å². The third-order valence-electron chi connectivity index (χ3n) is 6.08. The van der Waals surface area contributed by atoms with Gasteiger partial charge in [0.15, 0.2) is 4.87 Å². The second kappa shape index (κ2) is 11.5. The lowest BCUT2D eigenvalue weighted by Crippen LogP contribution is -2.47. The zero-order valence-corrected chi connectivity index (χ0v) is 21.9. The zero-order chi connectivity index (χ0) is 28.0. The van der Waals surface area contributed by atoms with Crippen molar-refractivity contribution in [3.63, 3.8) is 0 Å². The van der Waals surface area contributed by atoms with Crippen LogP contribution in [0.1, 0.15) is 23.7 Å². The lowest BCUT2D eigenvalue weighted by molar-refractivity contribution is -0.134. The Bertz CT molecular complexity index is 1680. The van der Waals surface area contributed by atoms with Gasteiger partial charge in [-0.15, -0.1) is 5.92 Å². The Morgan fingerprint density at radius 2 is 1.72 bits per heavy atom. The first-order valence-electron chi connectivity index (χ1n) is 12.0. The number of sulfone groups is 1. The highest BCUT2D eigenvalue weighted by Crippen LogP contribution is 2.35. The molecule has 0 amide bonds. The van der Waals surface area contributed by atoms with Crippen molar-refractivity contribution in [2.75, 3.05) is 11.9 Å². The van der Waals surface area contributed by atoms with E-state index in [1.807, 2.05) is 36.4 Å². The number of aromatic nitrogens is 1. The Hall–Kier alpha value is -4.52. The van der Waals surface area contributed by atoms with Gasteiger partial charge in [0, 0.05) is 12.0 Å². The van der Waals surface area contributed by atoms with Crippen molar-refractivity contribution in [1.29, 1.82) is 0 Å². The molecule has 4 aromatic rings. The van der Waals surface area contributed by atoms with Crippen LogP contribution >= 0.6 is 0 Å². The van der Waals surface area contributed by atoms with Gasteiger partial charge in [-0.1, -0.05) is 54.5 Å². The number of nitrogens with one attached hydrogen (secondary N) is 1. The topological polar surface area (TPSA) is 122 Å². The predicted molar refractivity (Wildman–Crippen MR) is 148 cm³/mol. The molecule has 7 nitrogen and oxygen atoms in total. The highest BCUT2D eigenvalue weighted by molar-refractivity contribution is 7.92. The minimum Gasteiger partial charge on any atom is -0.480 e. The number of rotatable bonds is 9. The van der Waals surface area contributed by atoms with Gasteiger partial charge in [-0.3, -0.25) is 4.79 Å². The van der Waals surface area contributed by atoms with Crippen molar-refractivity contribution in [3.8, 4) is 23.0 Å². The maximum absolute atomic E-state index is 14.0. The summed E-state index contributed by atoms with van der Waals surface area (Å²) in [5.74, 6) is 4.22. The van der Waals surface area contributed by atoms with Crippen LogP contribution < -0.4 is 11.1 Å². The van der Waals surface area contributed by atoms with E-state index < -0.39 is 33.0 Å². The molecular weight excluding hydrogens is 517 g/mol. The highest BCUT2D eigenvalue weighted by Gasteiger charge is 2.44. The lowest BCUT2D eigenvalue weighted by atomic mass is 9.98. The molecule has 1 atom stereocenters. The number of halogens is 1. The number of aliphatic carboxylic acids is 1. The largest absolute Gasteiger partial charge is 0.480 e. The molecule has 1 aromatic heterocycles. The first-order chi connectivity index (χ1) is 18.6. The van der Waals surface area contributed by atoms with Crippen LogP contribution in [0.25, 0.3) is 11.1 Å². The van der Waals surface area contributed by atoms with Crippen LogP contribution in [-0.2, 0) is 25.9 Å². The molecule has 1 heterocycles. The van der Waals surface area contributed by atoms with Gasteiger partial charge in [0.1, 0.15) is 18.2 Å². The number of nitrogens with zero attached hydrogens (tertiary/aromatic N) is 1. The maximum atomic E-state index is 14.0. The van der Waals surface area contributed by atoms with Crippen molar-refractivity contribution >= 4 is 21.6 Å². The molecule has 9 heteroatoms. The number of hydrogen-bond acceptors (Lipinski definition) is 6. The van der Waals surface area contributed by atoms with E-state index >= 15 is 0 Å². The quantitative estimate of drug-likeness (QED) is 0.264. The molecular formula is C30H26FN3O4S. The highest BCUT2D eigenvalue weighted by atomic mass is 32.2. The molecule has 0 aliphatic carbocycles. The second-order valence-corrected chi connectivity index (χ2v) is 11.0. The number of benzene rings is 3. The summed E-state index contributed by atoms with van der Waals surface area (Å²) in [6.07, 6.45) is -0.178. The summed E-state index contributed by atoms with van der Waals surface area (Å²) in [6.45, 7) is 1.35. The molecule has 3 aromatic carbocycles. The van der Waals surface area contributed by atoms with Gasteiger partial charge in [0.05, 0.1) is 10.6 Å². The first kappa shape index (κ1) is 27.5. The fourth-order valence-corrected chi connectivity index (χ4v) is 5.83. The van der Waals surface area contributed by atoms with Gasteiger partial charge in [-0.2, -0.15) is 0 Å². The van der Waals surface area contributed by atoms with Crippen LogP contribution in [-0.4, -0.2) is 31.0 Å². The molecule has 1 unspecified atom stereocenters. The molecule has 0 saturated carbocycles. The van der Waals surface area contributed by atoms with Crippen LogP contribution in [0.3, 0.4) is 0 Å². The number of hydrogen-bond donors (Lipinski definition) is 3. The smallest absolute Gasteiger partial charge is 0.322 e. The number of carbonyl (C=O) groups is 1. The molecule has 0 radical (unpaired) electrons. The summed E-state index contributed by atoms with van der Waals surface area (Å²) in [5, 5.41) is 11.6. The van der Waals surface area contributed by atoms with E-state index in [4.69, 9.17) is 10.8 Å². The number of carboxylic acid groups (broad SMARTS) is 1. The van der Waals surface area contributed by atoms with E-state index in [1.54, 1.807) is 19.1 Å². The van der Waals surface area contributed by atoms with Gasteiger partial charge in [0.25, 0.3) is 0 Å². The Balaban J connectivity index is 1.76. The Labute approximate surface area is 226 Å². The minimum atomic E-state index is -4.38. The minimum absolute atomic E-state index is 0.0166. The number of carboxylic acids is 1. The summed E-state index contributed by atoms with van der Waals surface area (Å²) in [4.78, 5) is 12.9. The van der Waals surface area contributed by atoms with Gasteiger partial charge in [0.2, 0.25) is 9.84 Å². The van der Waals surface area contributed by atoms with Gasteiger partial charge in [-0.25, -0.2) is 17.8 Å². The van der Waals surface area contributed by atoms with Crippen molar-refractivity contribution < 1.29 is 22.7 Å². The Kier molecular flexibility index (Phi) is 8.10.